The van der Waals surface area contributed by atoms with Crippen LogP contribution in [0, 0.1) is 18.3 Å². The third kappa shape index (κ3) is 1.56. The molecule has 3 nitrogen and oxygen atoms in total. The molecule has 0 aliphatic rings. The van der Waals surface area contributed by atoms with Gasteiger partial charge in [-0.3, -0.25) is 4.57 Å². The van der Waals surface area contributed by atoms with Crippen molar-refractivity contribution in [2.24, 2.45) is 0 Å². The van der Waals surface area contributed by atoms with Crippen molar-refractivity contribution in [2.45, 2.75) is 6.92 Å². The van der Waals surface area contributed by atoms with Crippen LogP contribution in [0.1, 0.15) is 11.1 Å². The van der Waals surface area contributed by atoms with Crippen LogP contribution >= 0.6 is 0 Å². The summed E-state index contributed by atoms with van der Waals surface area (Å²) >= 11 is 0. The van der Waals surface area contributed by atoms with Gasteiger partial charge in [-0.25, -0.2) is 4.98 Å². The molecule has 0 aliphatic heterocycles. The lowest BCUT2D eigenvalue weighted by Crippen LogP contribution is -1.94. The maximum absolute atomic E-state index is 9.19. The molecule has 86 valence electrons. The highest BCUT2D eigenvalue weighted by atomic mass is 15.0. The summed E-state index contributed by atoms with van der Waals surface area (Å²) in [6.07, 6.45) is 1.76. The van der Waals surface area contributed by atoms with Crippen LogP contribution in [0.15, 0.2) is 48.8 Å². The molecule has 0 atom stereocenters. The van der Waals surface area contributed by atoms with Gasteiger partial charge in [-0.15, -0.1) is 0 Å². The molecule has 0 spiro atoms. The predicted octanol–water partition coefficient (Wildman–Crippen LogP) is 3.21. The second-order valence-corrected chi connectivity index (χ2v) is 4.24. The Morgan fingerprint density at radius 2 is 2.00 bits per heavy atom. The van der Waals surface area contributed by atoms with E-state index in [2.05, 4.69) is 17.1 Å². The maximum Gasteiger partial charge on any atom is 0.101 e. The largest absolute Gasteiger partial charge is 0.298 e. The van der Waals surface area contributed by atoms with E-state index in [-0.39, 0.29) is 0 Å². The zero-order valence-corrected chi connectivity index (χ0v) is 9.96. The lowest BCUT2D eigenvalue weighted by molar-refractivity contribution is 1.09. The Morgan fingerprint density at radius 3 is 2.78 bits per heavy atom. The Labute approximate surface area is 105 Å². The van der Waals surface area contributed by atoms with Crippen LogP contribution in [-0.2, 0) is 0 Å². The van der Waals surface area contributed by atoms with Crippen LogP contribution in [-0.4, -0.2) is 9.55 Å². The van der Waals surface area contributed by atoms with Gasteiger partial charge in [0.1, 0.15) is 12.4 Å². The zero-order chi connectivity index (χ0) is 12.5. The molecule has 3 aromatic rings. The normalized spacial score (nSPS) is 10.4. The van der Waals surface area contributed by atoms with Gasteiger partial charge in [0.2, 0.25) is 0 Å². The van der Waals surface area contributed by atoms with Gasteiger partial charge in [0.15, 0.2) is 0 Å². The number of hydrogen-bond acceptors (Lipinski definition) is 2. The zero-order valence-electron chi connectivity index (χ0n) is 9.96. The molecular weight excluding hydrogens is 222 g/mol. The topological polar surface area (TPSA) is 41.6 Å². The summed E-state index contributed by atoms with van der Waals surface area (Å²) in [7, 11) is 0. The fourth-order valence-corrected chi connectivity index (χ4v) is 2.13. The van der Waals surface area contributed by atoms with Crippen molar-refractivity contribution in [3.63, 3.8) is 0 Å². The first-order valence-corrected chi connectivity index (χ1v) is 5.73. The molecule has 1 heterocycles. The van der Waals surface area contributed by atoms with Gasteiger partial charge >= 0.3 is 0 Å². The second-order valence-electron chi connectivity index (χ2n) is 4.24. The van der Waals surface area contributed by atoms with Gasteiger partial charge in [0.05, 0.1) is 16.6 Å². The van der Waals surface area contributed by atoms with Gasteiger partial charge in [-0.1, -0.05) is 18.2 Å². The van der Waals surface area contributed by atoms with Crippen LogP contribution in [0.4, 0.5) is 0 Å². The minimum absolute atomic E-state index is 0.645. The first kappa shape index (κ1) is 10.5. The summed E-state index contributed by atoms with van der Waals surface area (Å²) in [4.78, 5) is 4.35. The first-order valence-electron chi connectivity index (χ1n) is 5.73. The third-order valence-electron chi connectivity index (χ3n) is 2.97. The van der Waals surface area contributed by atoms with E-state index in [4.69, 9.17) is 0 Å². The van der Waals surface area contributed by atoms with E-state index >= 15 is 0 Å². The number of benzene rings is 2. The monoisotopic (exact) mass is 233 g/mol. The van der Waals surface area contributed by atoms with Crippen molar-refractivity contribution in [2.75, 3.05) is 0 Å². The van der Waals surface area contributed by atoms with Crippen molar-refractivity contribution >= 4 is 11.0 Å². The first-order chi connectivity index (χ1) is 8.79. The number of nitriles is 1. The fourth-order valence-electron chi connectivity index (χ4n) is 2.13. The average Bonchev–Trinajstić information content (AvgIpc) is 2.82. The molecule has 0 aliphatic carbocycles. The van der Waals surface area contributed by atoms with Gasteiger partial charge in [0.25, 0.3) is 0 Å². The van der Waals surface area contributed by atoms with Crippen molar-refractivity contribution < 1.29 is 0 Å². The number of aromatic nitrogens is 2. The van der Waals surface area contributed by atoms with Gasteiger partial charge in [-0.2, -0.15) is 5.26 Å². The van der Waals surface area contributed by atoms with Crippen molar-refractivity contribution in [1.82, 2.24) is 9.55 Å². The van der Waals surface area contributed by atoms with E-state index in [0.717, 1.165) is 16.7 Å². The number of aryl methyl sites for hydroxylation is 1. The van der Waals surface area contributed by atoms with Crippen LogP contribution in [0.5, 0.6) is 0 Å². The Hall–Kier alpha value is -2.60. The van der Waals surface area contributed by atoms with Crippen molar-refractivity contribution in [3.05, 3.63) is 59.9 Å². The molecule has 2 aromatic carbocycles. The summed E-state index contributed by atoms with van der Waals surface area (Å²) < 4.78 is 1.96. The highest BCUT2D eigenvalue weighted by Gasteiger charge is 2.08. The Morgan fingerprint density at radius 1 is 1.17 bits per heavy atom. The van der Waals surface area contributed by atoms with Gasteiger partial charge in [0, 0.05) is 5.69 Å². The molecule has 0 fully saturated rings. The molecule has 0 saturated heterocycles. The van der Waals surface area contributed by atoms with Crippen LogP contribution in [0.25, 0.3) is 16.7 Å². The molecule has 0 saturated carbocycles. The summed E-state index contributed by atoms with van der Waals surface area (Å²) in [5.74, 6) is 0. The van der Waals surface area contributed by atoms with Gasteiger partial charge < -0.3 is 0 Å². The molecule has 0 bridgehead atoms. The molecule has 18 heavy (non-hydrogen) atoms. The number of nitrogens with zero attached hydrogens (tertiary/aromatic N) is 3. The number of imidazole rings is 1. The highest BCUT2D eigenvalue weighted by Crippen LogP contribution is 2.21. The Balaban J connectivity index is 2.34. The van der Waals surface area contributed by atoms with E-state index in [1.807, 2.05) is 47.9 Å². The van der Waals surface area contributed by atoms with Crippen LogP contribution in [0.2, 0.25) is 0 Å². The van der Waals surface area contributed by atoms with E-state index < -0.39 is 0 Å². The van der Waals surface area contributed by atoms with Crippen LogP contribution in [0.3, 0.4) is 0 Å². The second kappa shape index (κ2) is 4.01. The maximum atomic E-state index is 9.19. The Kier molecular flexibility index (Phi) is 2.35. The van der Waals surface area contributed by atoms with E-state index in [9.17, 15) is 5.26 Å². The van der Waals surface area contributed by atoms with Gasteiger partial charge in [-0.05, 0) is 36.8 Å². The lowest BCUT2D eigenvalue weighted by atomic mass is 10.2. The predicted molar refractivity (Wildman–Crippen MR) is 70.5 cm³/mol. The summed E-state index contributed by atoms with van der Waals surface area (Å²) in [5.41, 5.74) is 4.57. The molecule has 1 aromatic heterocycles. The molecule has 0 radical (unpaired) electrons. The van der Waals surface area contributed by atoms with E-state index in [1.165, 1.54) is 5.56 Å². The number of hydrogen-bond donors (Lipinski definition) is 0. The van der Waals surface area contributed by atoms with E-state index in [1.54, 1.807) is 6.33 Å². The van der Waals surface area contributed by atoms with E-state index in [0.29, 0.717) is 5.56 Å². The number of rotatable bonds is 1. The average molecular weight is 233 g/mol. The number of para-hydroxylation sites is 1. The molecule has 0 amide bonds. The minimum atomic E-state index is 0.645. The fraction of sp³-hybridized carbons (Fsp3) is 0.0667. The molecular formula is C15H11N3. The molecule has 3 rings (SSSR count). The molecule has 3 heteroatoms. The SMILES string of the molecule is Cc1cccc(-n2cnc3cccc(C#N)c32)c1. The third-order valence-corrected chi connectivity index (χ3v) is 2.97. The molecule has 0 N–H and O–H groups in total. The van der Waals surface area contributed by atoms with Crippen LogP contribution < -0.4 is 0 Å². The summed E-state index contributed by atoms with van der Waals surface area (Å²) in [5, 5.41) is 9.19. The van der Waals surface area contributed by atoms with Crippen molar-refractivity contribution in [1.29, 1.82) is 5.26 Å². The minimum Gasteiger partial charge on any atom is -0.298 e. The quantitative estimate of drug-likeness (QED) is 0.647. The Bertz CT molecular complexity index is 763. The lowest BCUT2D eigenvalue weighted by Gasteiger charge is -2.06. The highest BCUT2D eigenvalue weighted by molar-refractivity contribution is 5.83. The smallest absolute Gasteiger partial charge is 0.101 e. The molecule has 0 unspecified atom stereocenters. The standard InChI is InChI=1S/C15H11N3/c1-11-4-2-6-13(8-11)18-10-17-14-7-3-5-12(9-16)15(14)18/h2-8,10H,1H3. The summed E-state index contributed by atoms with van der Waals surface area (Å²) in [6.45, 7) is 2.05. The van der Waals surface area contributed by atoms with Crippen molar-refractivity contribution in [3.8, 4) is 11.8 Å². The summed E-state index contributed by atoms with van der Waals surface area (Å²) in [6, 6.07) is 16.0. The number of fused-ring (bicyclic) bond motifs is 1.